The summed E-state index contributed by atoms with van der Waals surface area (Å²) in [6.45, 7) is -0.256. The molecule has 0 saturated heterocycles. The smallest absolute Gasteiger partial charge is 0.357 e. The predicted octanol–water partition coefficient (Wildman–Crippen LogP) is 2.61. The molecule has 0 saturated carbocycles. The first-order chi connectivity index (χ1) is 10.2. The molecule has 2 aromatic rings. The van der Waals surface area contributed by atoms with Gasteiger partial charge in [-0.1, -0.05) is 18.2 Å². The van der Waals surface area contributed by atoms with Crippen LogP contribution in [0.5, 0.6) is 0 Å². The zero-order valence-electron chi connectivity index (χ0n) is 11.5. The molecule has 0 unspecified atom stereocenters. The molecule has 0 atom stereocenters. The molecule has 0 fully saturated rings. The Labute approximate surface area is 122 Å². The third-order valence-electron chi connectivity index (χ3n) is 3.63. The van der Waals surface area contributed by atoms with Crippen molar-refractivity contribution in [2.75, 3.05) is 6.61 Å². The van der Waals surface area contributed by atoms with Crippen LogP contribution >= 0.6 is 0 Å². The van der Waals surface area contributed by atoms with Crippen molar-refractivity contribution in [1.82, 2.24) is 4.98 Å². The van der Waals surface area contributed by atoms with Gasteiger partial charge in [0.05, 0.1) is 0 Å². The van der Waals surface area contributed by atoms with E-state index in [0.717, 1.165) is 19.3 Å². The van der Waals surface area contributed by atoms with E-state index in [-0.39, 0.29) is 18.1 Å². The summed E-state index contributed by atoms with van der Waals surface area (Å²) in [5.41, 5.74) is 3.36. The van der Waals surface area contributed by atoms with Gasteiger partial charge in [0.25, 0.3) is 0 Å². The maximum Gasteiger partial charge on any atom is 0.357 e. The van der Waals surface area contributed by atoms with E-state index in [1.807, 2.05) is 12.1 Å². The molecule has 1 heterocycles. The zero-order chi connectivity index (χ0) is 14.7. The summed E-state index contributed by atoms with van der Waals surface area (Å²) in [4.78, 5) is 27.7. The van der Waals surface area contributed by atoms with E-state index in [1.54, 1.807) is 24.3 Å². The molecule has 1 aliphatic carbocycles. The standard InChI is InChI=1S/C17H15NO3/c19-16(11-21-17(20)15-6-1-2-9-18-15)14-8-7-12-4-3-5-13(12)10-14/h1-2,6-10H,3-5,11H2. The fourth-order valence-electron chi connectivity index (χ4n) is 2.52. The summed E-state index contributed by atoms with van der Waals surface area (Å²) < 4.78 is 5.01. The van der Waals surface area contributed by atoms with E-state index in [2.05, 4.69) is 4.98 Å². The number of carbonyl (C=O) groups excluding carboxylic acids is 2. The maximum atomic E-state index is 12.1. The Morgan fingerprint density at radius 1 is 1.10 bits per heavy atom. The lowest BCUT2D eigenvalue weighted by Crippen LogP contribution is -2.15. The first-order valence-electron chi connectivity index (χ1n) is 6.97. The van der Waals surface area contributed by atoms with Gasteiger partial charge in [0.15, 0.2) is 12.4 Å². The number of aromatic nitrogens is 1. The highest BCUT2D eigenvalue weighted by Gasteiger charge is 2.16. The lowest BCUT2D eigenvalue weighted by Gasteiger charge is -2.05. The van der Waals surface area contributed by atoms with Gasteiger partial charge in [0.2, 0.25) is 0 Å². The first-order valence-corrected chi connectivity index (χ1v) is 6.97. The molecule has 106 valence electrons. The van der Waals surface area contributed by atoms with Crippen molar-refractivity contribution in [3.05, 3.63) is 65.0 Å². The first kappa shape index (κ1) is 13.5. The van der Waals surface area contributed by atoms with Gasteiger partial charge in [-0.3, -0.25) is 4.79 Å². The minimum Gasteiger partial charge on any atom is -0.453 e. The van der Waals surface area contributed by atoms with Gasteiger partial charge in [-0.15, -0.1) is 0 Å². The van der Waals surface area contributed by atoms with Crippen molar-refractivity contribution in [3.8, 4) is 0 Å². The number of hydrogen-bond donors (Lipinski definition) is 0. The molecule has 0 radical (unpaired) electrons. The topological polar surface area (TPSA) is 56.3 Å². The summed E-state index contributed by atoms with van der Waals surface area (Å²) in [7, 11) is 0. The Bertz CT molecular complexity index is 680. The molecule has 1 aromatic carbocycles. The number of rotatable bonds is 4. The van der Waals surface area contributed by atoms with Crippen LogP contribution in [0.4, 0.5) is 0 Å². The van der Waals surface area contributed by atoms with Crippen molar-refractivity contribution in [2.45, 2.75) is 19.3 Å². The number of fused-ring (bicyclic) bond motifs is 1. The highest BCUT2D eigenvalue weighted by atomic mass is 16.5. The van der Waals surface area contributed by atoms with E-state index in [0.29, 0.717) is 5.56 Å². The number of hydrogen-bond acceptors (Lipinski definition) is 4. The van der Waals surface area contributed by atoms with Gasteiger partial charge in [-0.2, -0.15) is 0 Å². The average molecular weight is 281 g/mol. The number of nitrogens with zero attached hydrogens (tertiary/aromatic N) is 1. The molecule has 0 N–H and O–H groups in total. The molecule has 0 aliphatic heterocycles. The predicted molar refractivity (Wildman–Crippen MR) is 77.3 cm³/mol. The van der Waals surface area contributed by atoms with Gasteiger partial charge < -0.3 is 4.74 Å². The number of benzene rings is 1. The van der Waals surface area contributed by atoms with Crippen LogP contribution in [0, 0.1) is 0 Å². The van der Waals surface area contributed by atoms with Crippen LogP contribution < -0.4 is 0 Å². The number of Topliss-reactive ketones (excluding diaryl/α,β-unsaturated/α-hetero) is 1. The normalized spacial score (nSPS) is 12.8. The highest BCUT2D eigenvalue weighted by molar-refractivity contribution is 5.99. The van der Waals surface area contributed by atoms with E-state index in [4.69, 9.17) is 4.74 Å². The number of ether oxygens (including phenoxy) is 1. The van der Waals surface area contributed by atoms with Crippen LogP contribution in [0.1, 0.15) is 38.4 Å². The van der Waals surface area contributed by atoms with Crippen LogP contribution in [0.3, 0.4) is 0 Å². The lowest BCUT2D eigenvalue weighted by molar-refractivity contribution is 0.0469. The minimum absolute atomic E-state index is 0.186. The fourth-order valence-corrected chi connectivity index (χ4v) is 2.52. The molecule has 0 spiro atoms. The Kier molecular flexibility index (Phi) is 3.77. The Hall–Kier alpha value is -2.49. The van der Waals surface area contributed by atoms with Crippen molar-refractivity contribution < 1.29 is 14.3 Å². The Balaban J connectivity index is 1.63. The highest BCUT2D eigenvalue weighted by Crippen LogP contribution is 2.23. The van der Waals surface area contributed by atoms with Crippen LogP contribution in [0.25, 0.3) is 0 Å². The molecule has 1 aromatic heterocycles. The molecule has 1 aliphatic rings. The SMILES string of the molecule is O=C(COC(=O)c1ccccn1)c1ccc2c(c1)CCC2. The number of ketones is 1. The van der Waals surface area contributed by atoms with Crippen LogP contribution in [-0.4, -0.2) is 23.3 Å². The second-order valence-corrected chi connectivity index (χ2v) is 5.05. The average Bonchev–Trinajstić information content (AvgIpc) is 3.00. The summed E-state index contributed by atoms with van der Waals surface area (Å²) in [6, 6.07) is 10.7. The largest absolute Gasteiger partial charge is 0.453 e. The second-order valence-electron chi connectivity index (χ2n) is 5.05. The second kappa shape index (κ2) is 5.87. The monoisotopic (exact) mass is 281 g/mol. The number of carbonyl (C=O) groups is 2. The Morgan fingerprint density at radius 3 is 2.76 bits per heavy atom. The van der Waals surface area contributed by atoms with Gasteiger partial charge in [0.1, 0.15) is 5.69 Å². The van der Waals surface area contributed by atoms with Crippen LogP contribution in [0.2, 0.25) is 0 Å². The van der Waals surface area contributed by atoms with E-state index < -0.39 is 5.97 Å². The van der Waals surface area contributed by atoms with E-state index in [1.165, 1.54) is 17.3 Å². The summed E-state index contributed by atoms with van der Waals surface area (Å²) in [5.74, 6) is -0.765. The van der Waals surface area contributed by atoms with Gasteiger partial charge in [-0.05, 0) is 48.6 Å². The van der Waals surface area contributed by atoms with Crippen molar-refractivity contribution in [3.63, 3.8) is 0 Å². The number of pyridine rings is 1. The molecule has 4 heteroatoms. The third kappa shape index (κ3) is 2.99. The lowest BCUT2D eigenvalue weighted by atomic mass is 10.0. The van der Waals surface area contributed by atoms with Crippen molar-refractivity contribution >= 4 is 11.8 Å². The molecule has 0 amide bonds. The van der Waals surface area contributed by atoms with Gasteiger partial charge in [-0.25, -0.2) is 9.78 Å². The fraction of sp³-hybridized carbons (Fsp3) is 0.235. The quantitative estimate of drug-likeness (QED) is 0.638. The molecular formula is C17H15NO3. The minimum atomic E-state index is -0.579. The number of esters is 1. The van der Waals surface area contributed by atoms with Gasteiger partial charge in [0, 0.05) is 11.8 Å². The molecule has 0 bridgehead atoms. The van der Waals surface area contributed by atoms with E-state index in [9.17, 15) is 9.59 Å². The third-order valence-corrected chi connectivity index (χ3v) is 3.63. The Morgan fingerprint density at radius 2 is 1.95 bits per heavy atom. The number of aryl methyl sites for hydroxylation is 2. The molecule has 4 nitrogen and oxygen atoms in total. The molecule has 21 heavy (non-hydrogen) atoms. The van der Waals surface area contributed by atoms with E-state index >= 15 is 0 Å². The van der Waals surface area contributed by atoms with Crippen LogP contribution in [-0.2, 0) is 17.6 Å². The summed E-state index contributed by atoms with van der Waals surface area (Å²) in [6.07, 6.45) is 4.75. The summed E-state index contributed by atoms with van der Waals surface area (Å²) in [5, 5.41) is 0. The maximum absolute atomic E-state index is 12.1. The molecule has 3 rings (SSSR count). The summed E-state index contributed by atoms with van der Waals surface area (Å²) >= 11 is 0. The zero-order valence-corrected chi connectivity index (χ0v) is 11.5. The van der Waals surface area contributed by atoms with Crippen molar-refractivity contribution in [2.24, 2.45) is 0 Å². The molecular weight excluding hydrogens is 266 g/mol. The van der Waals surface area contributed by atoms with Crippen LogP contribution in [0.15, 0.2) is 42.6 Å². The van der Waals surface area contributed by atoms with Crippen molar-refractivity contribution in [1.29, 1.82) is 0 Å². The van der Waals surface area contributed by atoms with Gasteiger partial charge >= 0.3 is 5.97 Å².